The summed E-state index contributed by atoms with van der Waals surface area (Å²) in [5.74, 6) is 3.81. The molecule has 6 rings (SSSR count). The van der Waals surface area contributed by atoms with Gasteiger partial charge >= 0.3 is 0 Å². The molecule has 4 fully saturated rings. The SMILES string of the molecule is CC(C)(NC(=O)CCc1nnc(-c2ccsc2)o1)C12CC3CC(CC(C3)C1)C2. The second-order valence-corrected chi connectivity index (χ2v) is 10.7. The van der Waals surface area contributed by atoms with Crippen LogP contribution in [-0.4, -0.2) is 21.6 Å². The molecule has 4 bridgehead atoms. The van der Waals surface area contributed by atoms with Crippen molar-refractivity contribution >= 4 is 17.2 Å². The highest BCUT2D eigenvalue weighted by Gasteiger charge is 2.57. The fourth-order valence-corrected chi connectivity index (χ4v) is 7.13. The first-order chi connectivity index (χ1) is 13.4. The van der Waals surface area contributed by atoms with Gasteiger partial charge in [0.05, 0.1) is 0 Å². The van der Waals surface area contributed by atoms with E-state index in [0.717, 1.165) is 23.3 Å². The number of hydrogen-bond donors (Lipinski definition) is 1. The quantitative estimate of drug-likeness (QED) is 0.754. The molecule has 0 spiro atoms. The van der Waals surface area contributed by atoms with Gasteiger partial charge in [0.2, 0.25) is 17.7 Å². The van der Waals surface area contributed by atoms with Crippen LogP contribution in [0.3, 0.4) is 0 Å². The van der Waals surface area contributed by atoms with Crippen molar-refractivity contribution in [1.29, 1.82) is 0 Å². The van der Waals surface area contributed by atoms with E-state index in [1.165, 1.54) is 38.5 Å². The summed E-state index contributed by atoms with van der Waals surface area (Å²) in [7, 11) is 0. The van der Waals surface area contributed by atoms with Crippen LogP contribution in [0.15, 0.2) is 21.2 Å². The average Bonchev–Trinajstić information content (AvgIpc) is 3.30. The molecule has 2 aromatic rings. The number of thiophene rings is 1. The zero-order chi connectivity index (χ0) is 19.4. The molecule has 4 saturated carbocycles. The Labute approximate surface area is 170 Å². The summed E-state index contributed by atoms with van der Waals surface area (Å²) in [5.41, 5.74) is 1.07. The van der Waals surface area contributed by atoms with Crippen LogP contribution in [0.25, 0.3) is 11.5 Å². The summed E-state index contributed by atoms with van der Waals surface area (Å²) in [5, 5.41) is 15.6. The Morgan fingerprint density at radius 2 is 1.89 bits per heavy atom. The molecule has 0 atom stereocenters. The zero-order valence-corrected chi connectivity index (χ0v) is 17.6. The van der Waals surface area contributed by atoms with Crippen LogP contribution in [0, 0.1) is 23.2 Å². The molecule has 1 amide bonds. The second-order valence-electron chi connectivity index (χ2n) is 9.88. The molecule has 28 heavy (non-hydrogen) atoms. The van der Waals surface area contributed by atoms with Gasteiger partial charge < -0.3 is 9.73 Å². The van der Waals surface area contributed by atoms with Crippen molar-refractivity contribution < 1.29 is 9.21 Å². The molecule has 6 heteroatoms. The highest BCUT2D eigenvalue weighted by atomic mass is 32.1. The lowest BCUT2D eigenvalue weighted by molar-refractivity contribution is -0.132. The average molecular weight is 400 g/mol. The van der Waals surface area contributed by atoms with Gasteiger partial charge in [0.15, 0.2) is 0 Å². The Bertz CT molecular complexity index is 820. The van der Waals surface area contributed by atoms with E-state index in [2.05, 4.69) is 29.4 Å². The van der Waals surface area contributed by atoms with Gasteiger partial charge in [-0.25, -0.2) is 0 Å². The van der Waals surface area contributed by atoms with E-state index in [9.17, 15) is 4.79 Å². The minimum atomic E-state index is -0.156. The van der Waals surface area contributed by atoms with Crippen molar-refractivity contribution in [2.24, 2.45) is 23.2 Å². The van der Waals surface area contributed by atoms with Crippen molar-refractivity contribution in [2.45, 2.75) is 70.8 Å². The Morgan fingerprint density at radius 1 is 1.21 bits per heavy atom. The smallest absolute Gasteiger partial charge is 0.248 e. The van der Waals surface area contributed by atoms with Gasteiger partial charge in [-0.3, -0.25) is 4.79 Å². The fourth-order valence-electron chi connectivity index (χ4n) is 6.50. The topological polar surface area (TPSA) is 68.0 Å². The lowest BCUT2D eigenvalue weighted by Gasteiger charge is -2.62. The molecule has 0 aliphatic heterocycles. The first kappa shape index (κ1) is 18.3. The van der Waals surface area contributed by atoms with Crippen molar-refractivity contribution in [2.75, 3.05) is 0 Å². The largest absolute Gasteiger partial charge is 0.421 e. The number of hydrogen-bond acceptors (Lipinski definition) is 5. The van der Waals surface area contributed by atoms with E-state index in [1.807, 2.05) is 16.8 Å². The molecule has 0 saturated heterocycles. The third-order valence-electron chi connectivity index (χ3n) is 7.62. The zero-order valence-electron chi connectivity index (χ0n) is 16.7. The third kappa shape index (κ3) is 3.19. The molecule has 1 N–H and O–H groups in total. The van der Waals surface area contributed by atoms with E-state index >= 15 is 0 Å². The third-order valence-corrected chi connectivity index (χ3v) is 8.30. The van der Waals surface area contributed by atoms with Crippen LogP contribution in [0.5, 0.6) is 0 Å². The minimum absolute atomic E-state index is 0.0935. The van der Waals surface area contributed by atoms with Crippen LogP contribution >= 0.6 is 11.3 Å². The summed E-state index contributed by atoms with van der Waals surface area (Å²) in [6, 6.07) is 1.96. The van der Waals surface area contributed by atoms with Crippen LogP contribution in [0.4, 0.5) is 0 Å². The summed E-state index contributed by atoms with van der Waals surface area (Å²) in [6.07, 6.45) is 9.02. The Kier molecular flexibility index (Phi) is 4.38. The van der Waals surface area contributed by atoms with Crippen LogP contribution in [0.1, 0.15) is 64.7 Å². The molecule has 150 valence electrons. The molecular formula is C22H29N3O2S. The summed E-state index contributed by atoms with van der Waals surface area (Å²) in [6.45, 7) is 4.50. The Hall–Kier alpha value is -1.69. The van der Waals surface area contributed by atoms with Gasteiger partial charge in [-0.2, -0.15) is 11.3 Å². The van der Waals surface area contributed by atoms with E-state index in [0.29, 0.717) is 24.6 Å². The van der Waals surface area contributed by atoms with Crippen molar-refractivity contribution in [3.05, 3.63) is 22.7 Å². The first-order valence-electron chi connectivity index (χ1n) is 10.6. The standard InChI is InChI=1S/C22H29N3O2S/c1-21(2,22-10-14-7-15(11-22)9-16(8-14)12-22)23-18(26)3-4-19-24-25-20(27-19)17-5-6-28-13-17/h5-6,13-16H,3-4,7-12H2,1-2H3,(H,23,26). The highest BCUT2D eigenvalue weighted by molar-refractivity contribution is 7.08. The molecule has 4 aliphatic carbocycles. The maximum atomic E-state index is 12.8. The number of rotatable bonds is 6. The maximum absolute atomic E-state index is 12.8. The molecule has 4 aliphatic rings. The van der Waals surface area contributed by atoms with Gasteiger partial charge in [-0.15, -0.1) is 10.2 Å². The van der Waals surface area contributed by atoms with Crippen LogP contribution < -0.4 is 5.32 Å². The molecule has 0 unspecified atom stereocenters. The molecule has 0 radical (unpaired) electrons. The predicted molar refractivity (Wildman–Crippen MR) is 109 cm³/mol. The van der Waals surface area contributed by atoms with Gasteiger partial charge in [-0.1, -0.05) is 0 Å². The maximum Gasteiger partial charge on any atom is 0.248 e. The summed E-state index contributed by atoms with van der Waals surface area (Å²) < 4.78 is 5.71. The van der Waals surface area contributed by atoms with E-state index in [1.54, 1.807) is 11.3 Å². The Morgan fingerprint density at radius 3 is 2.50 bits per heavy atom. The lowest BCUT2D eigenvalue weighted by Crippen LogP contribution is -2.62. The van der Waals surface area contributed by atoms with Crippen LogP contribution in [-0.2, 0) is 11.2 Å². The van der Waals surface area contributed by atoms with Gasteiger partial charge in [0.1, 0.15) is 0 Å². The first-order valence-corrected chi connectivity index (χ1v) is 11.5. The monoisotopic (exact) mass is 399 g/mol. The molecular weight excluding hydrogens is 370 g/mol. The number of aromatic nitrogens is 2. The number of nitrogens with zero attached hydrogens (tertiary/aromatic N) is 2. The van der Waals surface area contributed by atoms with Crippen molar-refractivity contribution in [3.63, 3.8) is 0 Å². The normalized spacial score (nSPS) is 31.3. The summed E-state index contributed by atoms with van der Waals surface area (Å²) in [4.78, 5) is 12.8. The van der Waals surface area contributed by atoms with Gasteiger partial charge in [-0.05, 0) is 87.0 Å². The second kappa shape index (κ2) is 6.68. The fraction of sp³-hybridized carbons (Fsp3) is 0.682. The number of carbonyl (C=O) groups is 1. The Balaban J connectivity index is 1.21. The minimum Gasteiger partial charge on any atom is -0.421 e. The van der Waals surface area contributed by atoms with Crippen molar-refractivity contribution in [3.8, 4) is 11.5 Å². The number of aryl methyl sites for hydroxylation is 1. The lowest BCUT2D eigenvalue weighted by atomic mass is 9.45. The highest BCUT2D eigenvalue weighted by Crippen LogP contribution is 2.63. The molecule has 2 heterocycles. The van der Waals surface area contributed by atoms with E-state index in [-0.39, 0.29) is 16.9 Å². The van der Waals surface area contributed by atoms with Gasteiger partial charge in [0, 0.05) is 29.3 Å². The number of nitrogens with one attached hydrogen (secondary N) is 1. The van der Waals surface area contributed by atoms with Crippen LogP contribution in [0.2, 0.25) is 0 Å². The molecule has 2 aromatic heterocycles. The van der Waals surface area contributed by atoms with E-state index < -0.39 is 0 Å². The number of amides is 1. The molecule has 0 aromatic carbocycles. The van der Waals surface area contributed by atoms with Gasteiger partial charge in [0.25, 0.3) is 0 Å². The van der Waals surface area contributed by atoms with Crippen molar-refractivity contribution in [1.82, 2.24) is 15.5 Å². The predicted octanol–water partition coefficient (Wildman–Crippen LogP) is 4.84. The molecule has 5 nitrogen and oxygen atoms in total. The van der Waals surface area contributed by atoms with E-state index in [4.69, 9.17) is 4.42 Å². The summed E-state index contributed by atoms with van der Waals surface area (Å²) >= 11 is 1.60. The number of carbonyl (C=O) groups excluding carboxylic acids is 1.